The van der Waals surface area contributed by atoms with Crippen molar-refractivity contribution in [1.29, 1.82) is 0 Å². The Morgan fingerprint density at radius 1 is 1.25 bits per heavy atom. The van der Waals surface area contributed by atoms with Gasteiger partial charge in [0.2, 0.25) is 5.89 Å². The molecule has 0 saturated carbocycles. The summed E-state index contributed by atoms with van der Waals surface area (Å²) in [5.74, 6) is -0.786. The summed E-state index contributed by atoms with van der Waals surface area (Å²) in [6, 6.07) is 9.83. The Morgan fingerprint density at radius 2 is 1.95 bits per heavy atom. The van der Waals surface area contributed by atoms with Crippen LogP contribution in [0.2, 0.25) is 5.02 Å². The molecule has 6 heteroatoms. The van der Waals surface area contributed by atoms with E-state index in [-0.39, 0.29) is 11.1 Å². The maximum atomic E-state index is 11.2. The summed E-state index contributed by atoms with van der Waals surface area (Å²) in [5.41, 5.74) is 7.31. The number of halogens is 1. The molecule has 5 nitrogen and oxygen atoms in total. The van der Waals surface area contributed by atoms with E-state index in [1.165, 1.54) is 6.07 Å². The van der Waals surface area contributed by atoms with Crippen LogP contribution in [0.15, 0.2) is 40.8 Å². The first-order valence-electron chi connectivity index (χ1n) is 5.74. The molecule has 3 rings (SSSR count). The van der Waals surface area contributed by atoms with Crippen LogP contribution in [-0.4, -0.2) is 16.1 Å². The van der Waals surface area contributed by atoms with Gasteiger partial charge in [-0.2, -0.15) is 0 Å². The highest BCUT2D eigenvalue weighted by molar-refractivity contribution is 6.30. The number of nitrogens with two attached hydrogens (primary N) is 1. The van der Waals surface area contributed by atoms with Gasteiger partial charge in [0.1, 0.15) is 11.1 Å². The molecule has 0 amide bonds. The highest BCUT2D eigenvalue weighted by Gasteiger charge is 2.17. The van der Waals surface area contributed by atoms with Gasteiger partial charge >= 0.3 is 5.97 Å². The molecule has 0 aliphatic heterocycles. The highest BCUT2D eigenvalue weighted by Crippen LogP contribution is 2.29. The fourth-order valence-electron chi connectivity index (χ4n) is 1.93. The first-order valence-corrected chi connectivity index (χ1v) is 6.11. The van der Waals surface area contributed by atoms with Crippen molar-refractivity contribution in [2.75, 3.05) is 5.73 Å². The number of carbonyl (C=O) groups is 1. The lowest BCUT2D eigenvalue weighted by molar-refractivity contribution is 0.0698. The van der Waals surface area contributed by atoms with E-state index in [1.807, 2.05) is 0 Å². The minimum absolute atomic E-state index is 0.00675. The summed E-state index contributed by atoms with van der Waals surface area (Å²) in [6.45, 7) is 0. The summed E-state index contributed by atoms with van der Waals surface area (Å²) in [6.07, 6.45) is 0. The van der Waals surface area contributed by atoms with Crippen LogP contribution in [0.1, 0.15) is 10.4 Å². The van der Waals surface area contributed by atoms with Crippen molar-refractivity contribution in [1.82, 2.24) is 4.98 Å². The number of carboxylic acid groups (broad SMARTS) is 1. The summed E-state index contributed by atoms with van der Waals surface area (Å²) in [5, 5.41) is 9.76. The number of aromatic nitrogens is 1. The van der Waals surface area contributed by atoms with Crippen molar-refractivity contribution in [3.05, 3.63) is 47.0 Å². The quantitative estimate of drug-likeness (QED) is 0.705. The van der Waals surface area contributed by atoms with Gasteiger partial charge in [-0.05, 0) is 36.4 Å². The summed E-state index contributed by atoms with van der Waals surface area (Å²) in [7, 11) is 0. The van der Waals surface area contributed by atoms with E-state index >= 15 is 0 Å². The van der Waals surface area contributed by atoms with Crippen molar-refractivity contribution in [2.24, 2.45) is 0 Å². The molecule has 1 aromatic heterocycles. The first kappa shape index (κ1) is 12.5. The number of carboxylic acids is 1. The lowest BCUT2D eigenvalue weighted by atomic mass is 10.2. The number of fused-ring (bicyclic) bond motifs is 1. The van der Waals surface area contributed by atoms with E-state index in [1.54, 1.807) is 30.3 Å². The highest BCUT2D eigenvalue weighted by atomic mass is 35.5. The minimum atomic E-state index is -1.11. The van der Waals surface area contributed by atoms with Gasteiger partial charge in [0.25, 0.3) is 0 Å². The second-order valence-corrected chi connectivity index (χ2v) is 4.68. The molecule has 0 aliphatic carbocycles. The fourth-order valence-corrected chi connectivity index (χ4v) is 2.06. The minimum Gasteiger partial charge on any atom is -0.478 e. The number of aromatic carboxylic acids is 1. The third kappa shape index (κ3) is 2.08. The average molecular weight is 289 g/mol. The SMILES string of the molecule is Nc1cc(C(=O)O)c2oc(-c3ccc(Cl)cc3)nc2c1. The zero-order chi connectivity index (χ0) is 14.3. The molecule has 2 aromatic carbocycles. The van der Waals surface area contributed by atoms with Gasteiger partial charge in [-0.15, -0.1) is 0 Å². The Balaban J connectivity index is 2.22. The van der Waals surface area contributed by atoms with Gasteiger partial charge in [0.15, 0.2) is 5.58 Å². The Labute approximate surface area is 118 Å². The summed E-state index contributed by atoms with van der Waals surface area (Å²) >= 11 is 5.82. The Bertz CT molecular complexity index is 809. The second kappa shape index (κ2) is 4.54. The van der Waals surface area contributed by atoms with E-state index in [2.05, 4.69) is 4.98 Å². The zero-order valence-corrected chi connectivity index (χ0v) is 10.9. The van der Waals surface area contributed by atoms with Gasteiger partial charge in [0, 0.05) is 16.3 Å². The Morgan fingerprint density at radius 3 is 2.60 bits per heavy atom. The summed E-state index contributed by atoms with van der Waals surface area (Å²) < 4.78 is 5.55. The van der Waals surface area contributed by atoms with Crippen LogP contribution in [0.25, 0.3) is 22.6 Å². The normalized spacial score (nSPS) is 10.8. The van der Waals surface area contributed by atoms with Crippen LogP contribution in [0.5, 0.6) is 0 Å². The molecular formula is C14H9ClN2O3. The third-order valence-corrected chi connectivity index (χ3v) is 3.09. The first-order chi connectivity index (χ1) is 9.54. The number of hydrogen-bond acceptors (Lipinski definition) is 4. The van der Waals surface area contributed by atoms with E-state index in [4.69, 9.17) is 26.9 Å². The van der Waals surface area contributed by atoms with Crippen LogP contribution in [0.4, 0.5) is 5.69 Å². The number of rotatable bonds is 2. The van der Waals surface area contributed by atoms with Crippen molar-refractivity contribution < 1.29 is 14.3 Å². The van der Waals surface area contributed by atoms with E-state index in [0.717, 1.165) is 0 Å². The van der Waals surface area contributed by atoms with Crippen LogP contribution in [0, 0.1) is 0 Å². The fraction of sp³-hybridized carbons (Fsp3) is 0. The second-order valence-electron chi connectivity index (χ2n) is 4.25. The van der Waals surface area contributed by atoms with Gasteiger partial charge in [-0.1, -0.05) is 11.6 Å². The van der Waals surface area contributed by atoms with Gasteiger partial charge in [0.05, 0.1) is 0 Å². The number of anilines is 1. The van der Waals surface area contributed by atoms with Crippen LogP contribution in [-0.2, 0) is 0 Å². The molecule has 0 aliphatic rings. The van der Waals surface area contributed by atoms with Crippen molar-refractivity contribution in [3.8, 4) is 11.5 Å². The van der Waals surface area contributed by atoms with Crippen molar-refractivity contribution >= 4 is 34.4 Å². The van der Waals surface area contributed by atoms with Crippen LogP contribution < -0.4 is 5.73 Å². The average Bonchev–Trinajstić information content (AvgIpc) is 2.81. The van der Waals surface area contributed by atoms with Gasteiger partial charge in [-0.25, -0.2) is 9.78 Å². The predicted octanol–water partition coefficient (Wildman–Crippen LogP) is 3.43. The number of nitrogen functional groups attached to an aromatic ring is 1. The number of hydrogen-bond donors (Lipinski definition) is 2. The molecule has 20 heavy (non-hydrogen) atoms. The lowest BCUT2D eigenvalue weighted by Gasteiger charge is -1.97. The van der Waals surface area contributed by atoms with Gasteiger partial charge < -0.3 is 15.3 Å². The molecule has 0 bridgehead atoms. The molecule has 0 saturated heterocycles. The monoisotopic (exact) mass is 288 g/mol. The van der Waals surface area contributed by atoms with Gasteiger partial charge in [-0.3, -0.25) is 0 Å². The summed E-state index contributed by atoms with van der Waals surface area (Å²) in [4.78, 5) is 15.5. The maximum Gasteiger partial charge on any atom is 0.339 e. The molecule has 0 unspecified atom stereocenters. The number of nitrogens with zero attached hydrogens (tertiary/aromatic N) is 1. The molecule has 0 atom stereocenters. The molecule has 0 radical (unpaired) electrons. The molecular weight excluding hydrogens is 280 g/mol. The Kier molecular flexibility index (Phi) is 2.84. The Hall–Kier alpha value is -2.53. The van der Waals surface area contributed by atoms with Crippen LogP contribution >= 0.6 is 11.6 Å². The van der Waals surface area contributed by atoms with E-state index in [0.29, 0.717) is 27.7 Å². The number of benzene rings is 2. The van der Waals surface area contributed by atoms with E-state index < -0.39 is 5.97 Å². The smallest absolute Gasteiger partial charge is 0.339 e. The number of oxazole rings is 1. The van der Waals surface area contributed by atoms with Crippen LogP contribution in [0.3, 0.4) is 0 Å². The standard InChI is InChI=1S/C14H9ClN2O3/c15-8-3-1-7(2-4-8)13-17-11-6-9(16)5-10(14(18)19)12(11)20-13/h1-6H,16H2,(H,18,19). The molecule has 1 heterocycles. The molecule has 0 fully saturated rings. The lowest BCUT2D eigenvalue weighted by Crippen LogP contribution is -1.98. The largest absolute Gasteiger partial charge is 0.478 e. The topological polar surface area (TPSA) is 89.4 Å². The molecule has 3 aromatic rings. The van der Waals surface area contributed by atoms with E-state index in [9.17, 15) is 4.79 Å². The zero-order valence-electron chi connectivity index (χ0n) is 10.1. The molecule has 100 valence electrons. The van der Waals surface area contributed by atoms with Crippen molar-refractivity contribution in [3.63, 3.8) is 0 Å². The van der Waals surface area contributed by atoms with Crippen molar-refractivity contribution in [2.45, 2.75) is 0 Å². The molecule has 0 spiro atoms. The third-order valence-electron chi connectivity index (χ3n) is 2.83. The maximum absolute atomic E-state index is 11.2. The molecule has 3 N–H and O–H groups in total. The predicted molar refractivity (Wildman–Crippen MR) is 75.8 cm³/mol.